The smallest absolute Gasteiger partial charge is 0.171 e. The number of benzene rings is 6. The maximum Gasteiger partial charge on any atom is 0.171 e. The van der Waals surface area contributed by atoms with Crippen molar-refractivity contribution in [3.63, 3.8) is 0 Å². The van der Waals surface area contributed by atoms with Gasteiger partial charge in [-0.2, -0.15) is 0 Å². The number of pyridine rings is 1. The van der Waals surface area contributed by atoms with Gasteiger partial charge in [0.05, 0.1) is 16.6 Å². The summed E-state index contributed by atoms with van der Waals surface area (Å²) in [7, 11) is -3.03. The standard InChI is InChI=1S/C39H26NO2P/c41-43(30-14-3-1-4-15-30,31-16-5-2-6-17-31)32-24-22-27(23-25-32)28-12-11-13-29(26-28)38-37-34-19-8-10-21-36(34)42-39(37)33-18-7-9-20-35(33)40-38/h1-26H. The molecule has 204 valence electrons. The molecule has 0 N–H and O–H groups in total. The van der Waals surface area contributed by atoms with E-state index in [0.717, 1.165) is 71.1 Å². The minimum atomic E-state index is -3.03. The van der Waals surface area contributed by atoms with E-state index in [1.807, 2.05) is 109 Å². The molecule has 8 rings (SSSR count). The molecule has 0 atom stereocenters. The number of hydrogen-bond acceptors (Lipinski definition) is 3. The van der Waals surface area contributed by atoms with Gasteiger partial charge in [0.15, 0.2) is 7.14 Å². The third kappa shape index (κ3) is 4.21. The van der Waals surface area contributed by atoms with Crippen LogP contribution in [0.1, 0.15) is 0 Å². The molecule has 43 heavy (non-hydrogen) atoms. The van der Waals surface area contributed by atoms with Gasteiger partial charge in [0, 0.05) is 32.2 Å². The molecular weight excluding hydrogens is 545 g/mol. The van der Waals surface area contributed by atoms with E-state index in [1.54, 1.807) is 0 Å². The van der Waals surface area contributed by atoms with Crippen molar-refractivity contribution in [3.8, 4) is 22.4 Å². The molecule has 0 amide bonds. The Kier molecular flexibility index (Phi) is 6.06. The van der Waals surface area contributed by atoms with E-state index in [-0.39, 0.29) is 0 Å². The van der Waals surface area contributed by atoms with Crippen LogP contribution in [0.25, 0.3) is 55.2 Å². The number of rotatable bonds is 5. The van der Waals surface area contributed by atoms with E-state index in [9.17, 15) is 4.57 Å². The lowest BCUT2D eigenvalue weighted by Crippen LogP contribution is -2.24. The fraction of sp³-hybridized carbons (Fsp3) is 0. The minimum Gasteiger partial charge on any atom is -0.455 e. The van der Waals surface area contributed by atoms with Crippen LogP contribution < -0.4 is 15.9 Å². The fourth-order valence-corrected chi connectivity index (χ4v) is 8.70. The predicted molar refractivity (Wildman–Crippen MR) is 179 cm³/mol. The van der Waals surface area contributed by atoms with Gasteiger partial charge in [-0.15, -0.1) is 0 Å². The summed E-state index contributed by atoms with van der Waals surface area (Å²) in [6, 6.07) is 52.5. The van der Waals surface area contributed by atoms with Crippen molar-refractivity contribution in [2.75, 3.05) is 0 Å². The van der Waals surface area contributed by atoms with Gasteiger partial charge in [0.1, 0.15) is 11.2 Å². The molecule has 2 heterocycles. The Labute approximate surface area is 249 Å². The number of nitrogens with zero attached hydrogens (tertiary/aromatic N) is 1. The van der Waals surface area contributed by atoms with Crippen LogP contribution >= 0.6 is 7.14 Å². The molecule has 0 bridgehead atoms. The average molecular weight is 572 g/mol. The number of hydrogen-bond donors (Lipinski definition) is 0. The zero-order valence-electron chi connectivity index (χ0n) is 23.2. The monoisotopic (exact) mass is 571 g/mol. The van der Waals surface area contributed by atoms with E-state index >= 15 is 0 Å². The SMILES string of the molecule is O=P(c1ccccc1)(c1ccccc1)c1ccc(-c2cccc(-c3nc4ccccc4c4oc5ccccc5c34)c2)cc1. The molecule has 0 aliphatic rings. The Bertz CT molecular complexity index is 2260. The Morgan fingerprint density at radius 1 is 0.488 bits per heavy atom. The Morgan fingerprint density at radius 2 is 1.07 bits per heavy atom. The molecule has 8 aromatic rings. The van der Waals surface area contributed by atoms with Gasteiger partial charge in [0.2, 0.25) is 0 Å². The van der Waals surface area contributed by atoms with Crippen LogP contribution in [0.4, 0.5) is 0 Å². The van der Waals surface area contributed by atoms with Crippen molar-refractivity contribution in [2.45, 2.75) is 0 Å². The molecule has 0 spiro atoms. The minimum absolute atomic E-state index is 0.813. The van der Waals surface area contributed by atoms with Crippen LogP contribution in [-0.4, -0.2) is 4.98 Å². The average Bonchev–Trinajstić information content (AvgIpc) is 3.49. The predicted octanol–water partition coefficient (Wildman–Crippen LogP) is 9.11. The molecule has 0 saturated heterocycles. The van der Waals surface area contributed by atoms with Gasteiger partial charge in [0.25, 0.3) is 0 Å². The van der Waals surface area contributed by atoms with Gasteiger partial charge in [-0.25, -0.2) is 4.98 Å². The molecule has 4 heteroatoms. The third-order valence-corrected chi connectivity index (χ3v) is 11.2. The number of para-hydroxylation sites is 2. The van der Waals surface area contributed by atoms with E-state index in [0.29, 0.717) is 0 Å². The maximum absolute atomic E-state index is 14.8. The fourth-order valence-electron chi connectivity index (χ4n) is 6.05. The second-order valence-corrected chi connectivity index (χ2v) is 13.5. The summed E-state index contributed by atoms with van der Waals surface area (Å²) in [5.74, 6) is 0. The molecule has 2 aromatic heterocycles. The first kappa shape index (κ1) is 25.5. The Morgan fingerprint density at radius 3 is 1.79 bits per heavy atom. The molecule has 6 aromatic carbocycles. The topological polar surface area (TPSA) is 43.1 Å². The van der Waals surface area contributed by atoms with Gasteiger partial charge in [-0.1, -0.05) is 133 Å². The summed E-state index contributed by atoms with van der Waals surface area (Å²) in [6.45, 7) is 0. The van der Waals surface area contributed by atoms with E-state index < -0.39 is 7.14 Å². The lowest BCUT2D eigenvalue weighted by Gasteiger charge is -2.20. The summed E-state index contributed by atoms with van der Waals surface area (Å²) in [5.41, 5.74) is 6.63. The summed E-state index contributed by atoms with van der Waals surface area (Å²) in [6.07, 6.45) is 0. The van der Waals surface area contributed by atoms with Crippen LogP contribution in [0, 0.1) is 0 Å². The van der Waals surface area contributed by atoms with Crippen molar-refractivity contribution in [3.05, 3.63) is 158 Å². The Hall–Kier alpha value is -5.24. The lowest BCUT2D eigenvalue weighted by molar-refractivity contribution is 0.592. The van der Waals surface area contributed by atoms with Gasteiger partial charge < -0.3 is 8.98 Å². The van der Waals surface area contributed by atoms with E-state index in [2.05, 4.69) is 48.5 Å². The normalized spacial score (nSPS) is 11.8. The van der Waals surface area contributed by atoms with Crippen LogP contribution in [0.3, 0.4) is 0 Å². The van der Waals surface area contributed by atoms with Crippen LogP contribution in [-0.2, 0) is 4.57 Å². The van der Waals surface area contributed by atoms with Gasteiger partial charge in [-0.05, 0) is 35.4 Å². The molecule has 0 fully saturated rings. The molecule has 3 nitrogen and oxygen atoms in total. The Balaban J connectivity index is 1.25. The van der Waals surface area contributed by atoms with Crippen molar-refractivity contribution in [1.29, 1.82) is 0 Å². The van der Waals surface area contributed by atoms with Crippen LogP contribution in [0.2, 0.25) is 0 Å². The quantitative estimate of drug-likeness (QED) is 0.194. The molecule has 0 aliphatic carbocycles. The van der Waals surface area contributed by atoms with E-state index in [4.69, 9.17) is 9.40 Å². The lowest BCUT2D eigenvalue weighted by atomic mass is 9.98. The first-order chi connectivity index (χ1) is 21.2. The van der Waals surface area contributed by atoms with Crippen LogP contribution in [0.5, 0.6) is 0 Å². The summed E-state index contributed by atoms with van der Waals surface area (Å²) in [4.78, 5) is 5.15. The molecular formula is C39H26NO2P. The highest BCUT2D eigenvalue weighted by Crippen LogP contribution is 2.43. The molecule has 0 saturated carbocycles. The largest absolute Gasteiger partial charge is 0.455 e. The summed E-state index contributed by atoms with van der Waals surface area (Å²) in [5, 5.41) is 5.55. The number of aromatic nitrogens is 1. The zero-order chi connectivity index (χ0) is 28.8. The van der Waals surface area contributed by atoms with Crippen molar-refractivity contribution < 1.29 is 8.98 Å². The summed E-state index contributed by atoms with van der Waals surface area (Å²) >= 11 is 0. The second-order valence-electron chi connectivity index (χ2n) is 10.7. The maximum atomic E-state index is 14.8. The van der Waals surface area contributed by atoms with Gasteiger partial charge in [-0.3, -0.25) is 0 Å². The second kappa shape index (κ2) is 10.2. The zero-order valence-corrected chi connectivity index (χ0v) is 24.1. The highest BCUT2D eigenvalue weighted by Gasteiger charge is 2.29. The highest BCUT2D eigenvalue weighted by atomic mass is 31.2. The molecule has 0 aliphatic heterocycles. The number of furan rings is 1. The number of fused-ring (bicyclic) bond motifs is 5. The highest BCUT2D eigenvalue weighted by molar-refractivity contribution is 7.85. The van der Waals surface area contributed by atoms with E-state index in [1.165, 1.54) is 0 Å². The third-order valence-electron chi connectivity index (χ3n) is 8.15. The first-order valence-electron chi connectivity index (χ1n) is 14.3. The van der Waals surface area contributed by atoms with Crippen molar-refractivity contribution in [1.82, 2.24) is 4.98 Å². The molecule has 0 radical (unpaired) electrons. The van der Waals surface area contributed by atoms with Crippen molar-refractivity contribution >= 4 is 55.9 Å². The van der Waals surface area contributed by atoms with Gasteiger partial charge >= 0.3 is 0 Å². The van der Waals surface area contributed by atoms with Crippen molar-refractivity contribution in [2.24, 2.45) is 0 Å². The first-order valence-corrected chi connectivity index (χ1v) is 16.0. The summed E-state index contributed by atoms with van der Waals surface area (Å²) < 4.78 is 21.2. The molecule has 0 unspecified atom stereocenters. The van der Waals surface area contributed by atoms with Crippen LogP contribution in [0.15, 0.2) is 162 Å².